The first-order valence-corrected chi connectivity index (χ1v) is 3.73. The molecule has 6 heteroatoms. The Bertz CT molecular complexity index is 244. The van der Waals surface area contributed by atoms with Gasteiger partial charge in [0.15, 0.2) is 0 Å². The summed E-state index contributed by atoms with van der Waals surface area (Å²) in [6, 6.07) is 0. The van der Waals surface area contributed by atoms with Crippen LogP contribution >= 0.6 is 0 Å². The Balaban J connectivity index is 3.49. The SMILES string of the molecule is C=CC(=O)OCOC(=O)CCC(=O)O. The van der Waals surface area contributed by atoms with E-state index in [2.05, 4.69) is 16.1 Å². The van der Waals surface area contributed by atoms with E-state index in [1.165, 1.54) is 0 Å². The average Bonchev–Trinajstić information content (AvgIpc) is 2.14. The second kappa shape index (κ2) is 6.64. The highest BCUT2D eigenvalue weighted by molar-refractivity contribution is 5.81. The Kier molecular flexibility index (Phi) is 5.77. The van der Waals surface area contributed by atoms with Gasteiger partial charge in [-0.25, -0.2) is 4.79 Å². The van der Waals surface area contributed by atoms with E-state index < -0.39 is 24.7 Å². The van der Waals surface area contributed by atoms with E-state index in [1.54, 1.807) is 0 Å². The normalized spacial score (nSPS) is 8.86. The van der Waals surface area contributed by atoms with Gasteiger partial charge in [-0.2, -0.15) is 0 Å². The van der Waals surface area contributed by atoms with Gasteiger partial charge in [0.1, 0.15) is 0 Å². The van der Waals surface area contributed by atoms with Crippen LogP contribution in [0.4, 0.5) is 0 Å². The number of carbonyl (C=O) groups is 3. The first-order chi connectivity index (χ1) is 6.56. The number of rotatable bonds is 6. The molecule has 0 fully saturated rings. The van der Waals surface area contributed by atoms with Crippen molar-refractivity contribution >= 4 is 17.9 Å². The fourth-order valence-corrected chi connectivity index (χ4v) is 0.493. The average molecular weight is 202 g/mol. The summed E-state index contributed by atoms with van der Waals surface area (Å²) in [5.74, 6) is -2.54. The third kappa shape index (κ3) is 6.84. The molecule has 6 nitrogen and oxygen atoms in total. The summed E-state index contributed by atoms with van der Waals surface area (Å²) >= 11 is 0. The molecule has 0 unspecified atom stereocenters. The van der Waals surface area contributed by atoms with Crippen LogP contribution in [-0.2, 0) is 23.9 Å². The molecule has 0 atom stereocenters. The second-order valence-corrected chi connectivity index (χ2v) is 2.20. The number of carboxylic acid groups (broad SMARTS) is 1. The molecule has 0 amide bonds. The van der Waals surface area contributed by atoms with Crippen molar-refractivity contribution in [2.75, 3.05) is 6.79 Å². The highest BCUT2D eigenvalue weighted by Crippen LogP contribution is 1.93. The zero-order chi connectivity index (χ0) is 11.0. The molecule has 0 saturated heterocycles. The Morgan fingerprint density at radius 1 is 1.21 bits per heavy atom. The molecule has 0 aromatic rings. The molecule has 0 heterocycles. The van der Waals surface area contributed by atoms with Crippen molar-refractivity contribution in [3.63, 3.8) is 0 Å². The first-order valence-electron chi connectivity index (χ1n) is 3.73. The molecule has 0 bridgehead atoms. The molecule has 0 saturated carbocycles. The summed E-state index contributed by atoms with van der Waals surface area (Å²) in [5.41, 5.74) is 0. The Morgan fingerprint density at radius 2 is 1.86 bits per heavy atom. The molecule has 0 rings (SSSR count). The number of carbonyl (C=O) groups excluding carboxylic acids is 2. The zero-order valence-electron chi connectivity index (χ0n) is 7.39. The van der Waals surface area contributed by atoms with Gasteiger partial charge < -0.3 is 14.6 Å². The van der Waals surface area contributed by atoms with Crippen LogP contribution in [0.15, 0.2) is 12.7 Å². The molecule has 0 aliphatic carbocycles. The van der Waals surface area contributed by atoms with E-state index in [0.29, 0.717) is 0 Å². The quantitative estimate of drug-likeness (QED) is 0.372. The molecule has 78 valence electrons. The lowest BCUT2D eigenvalue weighted by molar-refractivity contribution is -0.165. The van der Waals surface area contributed by atoms with E-state index >= 15 is 0 Å². The number of carboxylic acids is 1. The lowest BCUT2D eigenvalue weighted by Crippen LogP contribution is -2.12. The summed E-state index contributed by atoms with van der Waals surface area (Å²) in [5, 5.41) is 8.21. The molecule has 0 aromatic carbocycles. The van der Waals surface area contributed by atoms with Crippen molar-refractivity contribution in [1.29, 1.82) is 0 Å². The van der Waals surface area contributed by atoms with E-state index in [1.807, 2.05) is 0 Å². The molecule has 0 spiro atoms. The third-order valence-corrected chi connectivity index (χ3v) is 1.13. The standard InChI is InChI=1S/C8H10O6/c1-2-7(11)13-5-14-8(12)4-3-6(9)10/h2H,1,3-5H2,(H,9,10). The first kappa shape index (κ1) is 12.2. The predicted octanol–water partition coefficient (Wildman–Crippen LogP) is 0.0811. The van der Waals surface area contributed by atoms with Gasteiger partial charge in [-0.15, -0.1) is 0 Å². The van der Waals surface area contributed by atoms with Crippen molar-refractivity contribution in [2.45, 2.75) is 12.8 Å². The zero-order valence-corrected chi connectivity index (χ0v) is 7.39. The van der Waals surface area contributed by atoms with Gasteiger partial charge in [0.05, 0.1) is 12.8 Å². The van der Waals surface area contributed by atoms with E-state index in [9.17, 15) is 14.4 Å². The van der Waals surface area contributed by atoms with Gasteiger partial charge in [-0.05, 0) is 0 Å². The topological polar surface area (TPSA) is 89.9 Å². The lowest BCUT2D eigenvalue weighted by Gasteiger charge is -2.02. The number of hydrogen-bond acceptors (Lipinski definition) is 5. The van der Waals surface area contributed by atoms with Gasteiger partial charge in [0, 0.05) is 6.08 Å². The summed E-state index contributed by atoms with van der Waals surface area (Å²) in [7, 11) is 0. The fourth-order valence-electron chi connectivity index (χ4n) is 0.493. The second-order valence-electron chi connectivity index (χ2n) is 2.20. The lowest BCUT2D eigenvalue weighted by atomic mass is 10.3. The summed E-state index contributed by atoms with van der Waals surface area (Å²) in [6.45, 7) is 2.60. The van der Waals surface area contributed by atoms with Crippen LogP contribution in [0.25, 0.3) is 0 Å². The van der Waals surface area contributed by atoms with Gasteiger partial charge in [-0.1, -0.05) is 6.58 Å². The Morgan fingerprint density at radius 3 is 2.36 bits per heavy atom. The maximum atomic E-state index is 10.7. The minimum absolute atomic E-state index is 0.249. The molecular formula is C8H10O6. The number of esters is 2. The van der Waals surface area contributed by atoms with Crippen LogP contribution in [-0.4, -0.2) is 29.8 Å². The van der Waals surface area contributed by atoms with Crippen LogP contribution in [0.2, 0.25) is 0 Å². The fraction of sp³-hybridized carbons (Fsp3) is 0.375. The molecule has 0 aliphatic rings. The van der Waals surface area contributed by atoms with Crippen LogP contribution in [0.1, 0.15) is 12.8 Å². The van der Waals surface area contributed by atoms with E-state index in [-0.39, 0.29) is 12.8 Å². The molecule has 14 heavy (non-hydrogen) atoms. The van der Waals surface area contributed by atoms with Crippen molar-refractivity contribution in [2.24, 2.45) is 0 Å². The van der Waals surface area contributed by atoms with Crippen molar-refractivity contribution < 1.29 is 29.0 Å². The smallest absolute Gasteiger partial charge is 0.333 e. The maximum Gasteiger partial charge on any atom is 0.333 e. The van der Waals surface area contributed by atoms with Crippen molar-refractivity contribution in [1.82, 2.24) is 0 Å². The number of aliphatic carboxylic acids is 1. The van der Waals surface area contributed by atoms with Crippen LogP contribution < -0.4 is 0 Å². The Labute approximate surface area is 80.1 Å². The third-order valence-electron chi connectivity index (χ3n) is 1.13. The number of hydrogen-bond donors (Lipinski definition) is 1. The summed E-state index contributed by atoms with van der Waals surface area (Å²) < 4.78 is 8.69. The largest absolute Gasteiger partial charge is 0.481 e. The van der Waals surface area contributed by atoms with Gasteiger partial charge in [0.25, 0.3) is 0 Å². The monoisotopic (exact) mass is 202 g/mol. The van der Waals surface area contributed by atoms with Crippen molar-refractivity contribution in [3.8, 4) is 0 Å². The molecule has 0 aromatic heterocycles. The van der Waals surface area contributed by atoms with E-state index in [4.69, 9.17) is 5.11 Å². The van der Waals surface area contributed by atoms with Crippen LogP contribution in [0, 0.1) is 0 Å². The molecule has 0 radical (unpaired) electrons. The highest BCUT2D eigenvalue weighted by atomic mass is 16.7. The minimum atomic E-state index is -1.09. The van der Waals surface area contributed by atoms with Crippen LogP contribution in [0.3, 0.4) is 0 Å². The highest BCUT2D eigenvalue weighted by Gasteiger charge is 2.06. The molecular weight excluding hydrogens is 192 g/mol. The molecule has 1 N–H and O–H groups in total. The maximum absolute atomic E-state index is 10.7. The minimum Gasteiger partial charge on any atom is -0.481 e. The van der Waals surface area contributed by atoms with Gasteiger partial charge in [-0.3, -0.25) is 9.59 Å². The van der Waals surface area contributed by atoms with Crippen molar-refractivity contribution in [3.05, 3.63) is 12.7 Å². The predicted molar refractivity (Wildman–Crippen MR) is 44.1 cm³/mol. The summed E-state index contributed by atoms with van der Waals surface area (Å²) in [6.07, 6.45) is 0.361. The number of ether oxygens (including phenoxy) is 2. The van der Waals surface area contributed by atoms with E-state index in [0.717, 1.165) is 6.08 Å². The van der Waals surface area contributed by atoms with Crippen LogP contribution in [0.5, 0.6) is 0 Å². The van der Waals surface area contributed by atoms with Gasteiger partial charge in [0.2, 0.25) is 6.79 Å². The summed E-state index contributed by atoms with van der Waals surface area (Å²) in [4.78, 5) is 31.2. The Hall–Kier alpha value is -1.85. The molecule has 0 aliphatic heterocycles. The van der Waals surface area contributed by atoms with Gasteiger partial charge >= 0.3 is 17.9 Å².